The lowest BCUT2D eigenvalue weighted by molar-refractivity contribution is -0.144. The number of amides is 1. The summed E-state index contributed by atoms with van der Waals surface area (Å²) in [7, 11) is 1.79. The lowest BCUT2D eigenvalue weighted by atomic mass is 9.71. The van der Waals surface area contributed by atoms with Gasteiger partial charge in [0.2, 0.25) is 5.91 Å². The molecule has 2 atom stereocenters. The van der Waals surface area contributed by atoms with Crippen molar-refractivity contribution in [3.8, 4) is 0 Å². The molecule has 3 fully saturated rings. The lowest BCUT2D eigenvalue weighted by Crippen LogP contribution is -2.54. The van der Waals surface area contributed by atoms with Gasteiger partial charge in [-0.1, -0.05) is 12.8 Å². The van der Waals surface area contributed by atoms with Crippen LogP contribution in [0.25, 0.3) is 0 Å². The summed E-state index contributed by atoms with van der Waals surface area (Å²) in [5.74, 6) is 1.16. The van der Waals surface area contributed by atoms with Gasteiger partial charge in [0, 0.05) is 32.5 Å². The maximum Gasteiger partial charge on any atom is 0.222 e. The van der Waals surface area contributed by atoms with E-state index in [9.17, 15) is 9.90 Å². The average molecular weight is 309 g/mol. The smallest absolute Gasteiger partial charge is 0.222 e. The van der Waals surface area contributed by atoms with Gasteiger partial charge in [0.15, 0.2) is 0 Å². The molecule has 0 aromatic heterocycles. The van der Waals surface area contributed by atoms with E-state index in [2.05, 4.69) is 0 Å². The van der Waals surface area contributed by atoms with E-state index in [-0.39, 0.29) is 0 Å². The molecule has 3 rings (SSSR count). The number of hydrogen-bond acceptors (Lipinski definition) is 3. The molecule has 2 saturated carbocycles. The Morgan fingerprint density at radius 2 is 1.95 bits per heavy atom. The zero-order chi connectivity index (χ0) is 15.6. The fourth-order valence-electron chi connectivity index (χ4n) is 4.75. The molecule has 1 heterocycles. The molecule has 4 nitrogen and oxygen atoms in total. The number of nitrogens with zero attached hydrogens (tertiary/aromatic N) is 1. The molecule has 3 aliphatic rings. The Kier molecular flexibility index (Phi) is 5.08. The highest BCUT2D eigenvalue weighted by Gasteiger charge is 2.43. The van der Waals surface area contributed by atoms with Crippen molar-refractivity contribution < 1.29 is 14.6 Å². The third-order valence-electron chi connectivity index (χ3n) is 6.37. The molecule has 2 aliphatic carbocycles. The second kappa shape index (κ2) is 6.88. The van der Waals surface area contributed by atoms with Crippen LogP contribution in [0.4, 0.5) is 0 Å². The van der Waals surface area contributed by atoms with E-state index in [1.54, 1.807) is 7.11 Å². The number of ether oxygens (including phenoxy) is 1. The van der Waals surface area contributed by atoms with Crippen molar-refractivity contribution in [2.24, 2.45) is 11.8 Å². The first-order valence-electron chi connectivity index (χ1n) is 9.13. The minimum Gasteiger partial charge on any atom is -0.389 e. The van der Waals surface area contributed by atoms with Crippen molar-refractivity contribution in [2.45, 2.75) is 75.9 Å². The van der Waals surface area contributed by atoms with Crippen LogP contribution in [0, 0.1) is 11.8 Å². The molecule has 0 radical (unpaired) electrons. The van der Waals surface area contributed by atoms with E-state index in [0.717, 1.165) is 64.5 Å². The molecule has 0 aromatic rings. The minimum absolute atomic E-state index is 0.308. The molecule has 126 valence electrons. The van der Waals surface area contributed by atoms with Gasteiger partial charge in [0.1, 0.15) is 0 Å². The number of rotatable bonds is 3. The van der Waals surface area contributed by atoms with E-state index in [1.807, 2.05) is 4.90 Å². The summed E-state index contributed by atoms with van der Waals surface area (Å²) in [5, 5.41) is 10.7. The third kappa shape index (κ3) is 3.48. The summed E-state index contributed by atoms with van der Waals surface area (Å²) in [6.45, 7) is 1.53. The summed E-state index contributed by atoms with van der Waals surface area (Å²) < 4.78 is 5.41. The number of carbonyl (C=O) groups is 1. The summed E-state index contributed by atoms with van der Waals surface area (Å²) in [4.78, 5) is 14.6. The molecule has 22 heavy (non-hydrogen) atoms. The standard InChI is InChI=1S/C18H31NO3/c1-22-16-7-5-14(6-8-16)12-17(20)19-11-10-18(21)9-3-2-4-15(18)13-19/h14-16,21H,2-13H2,1H3. The maximum absolute atomic E-state index is 12.6. The average Bonchev–Trinajstić information content (AvgIpc) is 2.54. The Morgan fingerprint density at radius 1 is 1.18 bits per heavy atom. The number of piperidine rings is 1. The first-order valence-corrected chi connectivity index (χ1v) is 9.13. The quantitative estimate of drug-likeness (QED) is 0.872. The largest absolute Gasteiger partial charge is 0.389 e. The number of hydrogen-bond donors (Lipinski definition) is 1. The van der Waals surface area contributed by atoms with Crippen LogP contribution in [-0.2, 0) is 9.53 Å². The van der Waals surface area contributed by atoms with Crippen molar-refractivity contribution in [1.29, 1.82) is 0 Å². The highest BCUT2D eigenvalue weighted by molar-refractivity contribution is 5.76. The molecule has 0 aromatic carbocycles. The molecule has 4 heteroatoms. The zero-order valence-electron chi connectivity index (χ0n) is 13.9. The molecule has 1 saturated heterocycles. The van der Waals surface area contributed by atoms with Crippen molar-refractivity contribution in [2.75, 3.05) is 20.2 Å². The Bertz CT molecular complexity index is 392. The molecular weight excluding hydrogens is 278 g/mol. The van der Waals surface area contributed by atoms with Gasteiger partial charge in [0.25, 0.3) is 0 Å². The van der Waals surface area contributed by atoms with Gasteiger partial charge in [-0.2, -0.15) is 0 Å². The second-order valence-corrected chi connectivity index (χ2v) is 7.72. The molecule has 1 amide bonds. The number of carbonyl (C=O) groups excluding carboxylic acids is 1. The predicted octanol–water partition coefficient (Wildman–Crippen LogP) is 2.74. The van der Waals surface area contributed by atoms with Crippen molar-refractivity contribution in [3.63, 3.8) is 0 Å². The van der Waals surface area contributed by atoms with Crippen LogP contribution >= 0.6 is 0 Å². The van der Waals surface area contributed by atoms with Gasteiger partial charge in [-0.15, -0.1) is 0 Å². The van der Waals surface area contributed by atoms with E-state index < -0.39 is 5.60 Å². The fourth-order valence-corrected chi connectivity index (χ4v) is 4.75. The van der Waals surface area contributed by atoms with Crippen LogP contribution in [0.15, 0.2) is 0 Å². The second-order valence-electron chi connectivity index (χ2n) is 7.72. The molecule has 0 bridgehead atoms. The van der Waals surface area contributed by atoms with Crippen LogP contribution in [0.5, 0.6) is 0 Å². The highest BCUT2D eigenvalue weighted by atomic mass is 16.5. The molecule has 0 spiro atoms. The van der Waals surface area contributed by atoms with E-state index in [0.29, 0.717) is 30.3 Å². The van der Waals surface area contributed by atoms with Crippen LogP contribution in [0.2, 0.25) is 0 Å². The lowest BCUT2D eigenvalue weighted by Gasteiger charge is -2.47. The maximum atomic E-state index is 12.6. The molecular formula is C18H31NO3. The summed E-state index contributed by atoms with van der Waals surface area (Å²) in [6.07, 6.45) is 10.7. The van der Waals surface area contributed by atoms with Gasteiger partial charge in [-0.25, -0.2) is 0 Å². The molecule has 1 N–H and O–H groups in total. The summed E-state index contributed by atoms with van der Waals surface area (Å²) in [6, 6.07) is 0. The number of methoxy groups -OCH3 is 1. The van der Waals surface area contributed by atoms with Gasteiger partial charge < -0.3 is 14.7 Å². The van der Waals surface area contributed by atoms with Crippen LogP contribution in [0.1, 0.15) is 64.2 Å². The first-order chi connectivity index (χ1) is 10.6. The monoisotopic (exact) mass is 309 g/mol. The van der Waals surface area contributed by atoms with Crippen molar-refractivity contribution in [3.05, 3.63) is 0 Å². The Balaban J connectivity index is 1.49. The Hall–Kier alpha value is -0.610. The van der Waals surface area contributed by atoms with Crippen molar-refractivity contribution in [1.82, 2.24) is 4.90 Å². The van der Waals surface area contributed by atoms with Gasteiger partial charge in [0.05, 0.1) is 11.7 Å². The van der Waals surface area contributed by atoms with Crippen LogP contribution in [0.3, 0.4) is 0 Å². The first kappa shape index (κ1) is 16.3. The summed E-state index contributed by atoms with van der Waals surface area (Å²) in [5.41, 5.74) is -0.481. The third-order valence-corrected chi connectivity index (χ3v) is 6.37. The number of fused-ring (bicyclic) bond motifs is 1. The van der Waals surface area contributed by atoms with E-state index in [4.69, 9.17) is 4.74 Å². The van der Waals surface area contributed by atoms with Gasteiger partial charge in [-0.3, -0.25) is 4.79 Å². The van der Waals surface area contributed by atoms with Gasteiger partial charge in [-0.05, 0) is 50.9 Å². The zero-order valence-corrected chi connectivity index (χ0v) is 13.9. The highest BCUT2D eigenvalue weighted by Crippen LogP contribution is 2.40. The normalized spacial score (nSPS) is 39.4. The Morgan fingerprint density at radius 3 is 2.68 bits per heavy atom. The fraction of sp³-hybridized carbons (Fsp3) is 0.944. The van der Waals surface area contributed by atoms with Crippen LogP contribution in [-0.4, -0.2) is 47.8 Å². The molecule has 2 unspecified atom stereocenters. The minimum atomic E-state index is -0.481. The van der Waals surface area contributed by atoms with E-state index in [1.165, 1.54) is 6.42 Å². The topological polar surface area (TPSA) is 49.8 Å². The predicted molar refractivity (Wildman–Crippen MR) is 85.5 cm³/mol. The van der Waals surface area contributed by atoms with E-state index >= 15 is 0 Å². The van der Waals surface area contributed by atoms with Crippen LogP contribution < -0.4 is 0 Å². The SMILES string of the molecule is COC1CCC(CC(=O)N2CCC3(O)CCCCC3C2)CC1. The number of likely N-dealkylation sites (tertiary alicyclic amines) is 1. The van der Waals surface area contributed by atoms with Crippen molar-refractivity contribution >= 4 is 5.91 Å². The summed E-state index contributed by atoms with van der Waals surface area (Å²) >= 11 is 0. The van der Waals surface area contributed by atoms with Gasteiger partial charge >= 0.3 is 0 Å². The molecule has 1 aliphatic heterocycles. The number of aliphatic hydroxyl groups is 1. The Labute approximate surface area is 134 Å².